The molecule has 2 aromatic heterocycles. The van der Waals surface area contributed by atoms with E-state index in [9.17, 15) is 0 Å². The molecule has 0 unspecified atom stereocenters. The second-order valence-electron chi connectivity index (χ2n) is 6.15. The smallest absolute Gasteiger partial charge is 0.193 e. The molecule has 0 bridgehead atoms. The summed E-state index contributed by atoms with van der Waals surface area (Å²) < 4.78 is 17.5. The normalized spacial score (nSPS) is 11.2. The molecule has 2 heterocycles. The summed E-state index contributed by atoms with van der Waals surface area (Å²) in [4.78, 5) is 8.95. The number of nitrogens with two attached hydrogens (primary N) is 1. The zero-order valence-corrected chi connectivity index (χ0v) is 19.6. The molecule has 0 saturated heterocycles. The summed E-state index contributed by atoms with van der Waals surface area (Å²) in [6, 6.07) is 17.2. The molecule has 4 rings (SSSR count). The lowest BCUT2D eigenvalue weighted by Crippen LogP contribution is -2.22. The third-order valence-corrected chi connectivity index (χ3v) is 5.28. The number of guanidine groups is 1. The Morgan fingerprint density at radius 1 is 1.10 bits per heavy atom. The van der Waals surface area contributed by atoms with Crippen LogP contribution in [0.2, 0.25) is 0 Å². The van der Waals surface area contributed by atoms with Crippen LogP contribution < -0.4 is 20.5 Å². The Morgan fingerprint density at radius 2 is 1.90 bits per heavy atom. The van der Waals surface area contributed by atoms with Crippen molar-refractivity contribution in [2.45, 2.75) is 6.54 Å². The van der Waals surface area contributed by atoms with Crippen LogP contribution in [0.25, 0.3) is 21.0 Å². The van der Waals surface area contributed by atoms with Gasteiger partial charge in [-0.3, -0.25) is 0 Å². The molecule has 156 valence electrons. The largest absolute Gasteiger partial charge is 0.493 e. The number of fused-ring (bicyclic) bond motifs is 1. The summed E-state index contributed by atoms with van der Waals surface area (Å²) in [5.41, 5.74) is 7.71. The lowest BCUT2D eigenvalue weighted by molar-refractivity contribution is 0.355. The van der Waals surface area contributed by atoms with Crippen LogP contribution in [0.3, 0.4) is 0 Å². The fourth-order valence-corrected chi connectivity index (χ4v) is 3.75. The van der Waals surface area contributed by atoms with E-state index in [1.54, 1.807) is 37.7 Å². The molecule has 30 heavy (non-hydrogen) atoms. The van der Waals surface area contributed by atoms with E-state index in [1.807, 2.05) is 42.5 Å². The number of thiazole rings is 1. The number of benzene rings is 2. The molecule has 0 atom stereocenters. The molecule has 9 heteroatoms. The number of aromatic nitrogens is 1. The fraction of sp³-hybridized carbons (Fsp3) is 0.143. The number of rotatable bonds is 6. The van der Waals surface area contributed by atoms with E-state index in [-0.39, 0.29) is 29.9 Å². The SMILES string of the molecule is COc1ccc(NC(N)=NCc2ccc(-c3nc4ccccc4s3)o2)cc1OC.I. The number of anilines is 1. The molecule has 0 aliphatic rings. The number of halogens is 1. The van der Waals surface area contributed by atoms with Crippen LogP contribution in [0, 0.1) is 0 Å². The van der Waals surface area contributed by atoms with Crippen molar-refractivity contribution in [2.24, 2.45) is 10.7 Å². The molecule has 0 aliphatic heterocycles. The van der Waals surface area contributed by atoms with Crippen molar-refractivity contribution in [3.8, 4) is 22.3 Å². The van der Waals surface area contributed by atoms with Crippen LogP contribution in [0.15, 0.2) is 64.0 Å². The highest BCUT2D eigenvalue weighted by Crippen LogP contribution is 2.31. The van der Waals surface area contributed by atoms with E-state index in [0.29, 0.717) is 23.8 Å². The van der Waals surface area contributed by atoms with Gasteiger partial charge in [-0.15, -0.1) is 35.3 Å². The number of nitrogens with one attached hydrogen (secondary N) is 1. The molecule has 0 amide bonds. The Labute approximate surface area is 194 Å². The Morgan fingerprint density at radius 3 is 2.67 bits per heavy atom. The third kappa shape index (κ3) is 4.85. The molecule has 0 spiro atoms. The van der Waals surface area contributed by atoms with Crippen molar-refractivity contribution in [2.75, 3.05) is 19.5 Å². The summed E-state index contributed by atoms with van der Waals surface area (Å²) >= 11 is 1.60. The summed E-state index contributed by atoms with van der Waals surface area (Å²) in [5, 5.41) is 3.88. The van der Waals surface area contributed by atoms with Gasteiger partial charge in [0.1, 0.15) is 12.3 Å². The zero-order chi connectivity index (χ0) is 20.2. The summed E-state index contributed by atoms with van der Waals surface area (Å²) in [7, 11) is 3.17. The lowest BCUT2D eigenvalue weighted by atomic mass is 10.3. The van der Waals surface area contributed by atoms with E-state index < -0.39 is 0 Å². The molecule has 2 aromatic carbocycles. The third-order valence-electron chi connectivity index (χ3n) is 4.23. The van der Waals surface area contributed by atoms with E-state index >= 15 is 0 Å². The van der Waals surface area contributed by atoms with Crippen molar-refractivity contribution < 1.29 is 13.9 Å². The van der Waals surface area contributed by atoms with Crippen LogP contribution in [0.5, 0.6) is 11.5 Å². The minimum absolute atomic E-state index is 0. The average molecular weight is 536 g/mol. The summed E-state index contributed by atoms with van der Waals surface area (Å²) in [6.45, 7) is 0.316. The minimum atomic E-state index is 0. The van der Waals surface area contributed by atoms with E-state index in [2.05, 4.69) is 15.3 Å². The number of hydrogen-bond acceptors (Lipinski definition) is 6. The first kappa shape index (κ1) is 21.9. The molecule has 0 fully saturated rings. The molecular formula is C21H21IN4O3S. The van der Waals surface area contributed by atoms with Gasteiger partial charge < -0.3 is 24.9 Å². The van der Waals surface area contributed by atoms with Gasteiger partial charge >= 0.3 is 0 Å². The predicted octanol–water partition coefficient (Wildman–Crippen LogP) is 5.12. The average Bonchev–Trinajstić information content (AvgIpc) is 3.39. The van der Waals surface area contributed by atoms with Gasteiger partial charge in [0.05, 0.1) is 24.4 Å². The second kappa shape index (κ2) is 9.81. The minimum Gasteiger partial charge on any atom is -0.493 e. The van der Waals surface area contributed by atoms with Gasteiger partial charge in [-0.2, -0.15) is 0 Å². The number of furan rings is 1. The van der Waals surface area contributed by atoms with Crippen LogP contribution in [-0.4, -0.2) is 25.2 Å². The van der Waals surface area contributed by atoms with Crippen molar-refractivity contribution in [3.63, 3.8) is 0 Å². The molecular weight excluding hydrogens is 515 g/mol. The maximum Gasteiger partial charge on any atom is 0.193 e. The van der Waals surface area contributed by atoms with Gasteiger partial charge in [0, 0.05) is 11.8 Å². The van der Waals surface area contributed by atoms with E-state index in [0.717, 1.165) is 26.7 Å². The van der Waals surface area contributed by atoms with Gasteiger partial charge in [-0.05, 0) is 36.4 Å². The Bertz CT molecular complexity index is 1140. The van der Waals surface area contributed by atoms with Crippen molar-refractivity contribution >= 4 is 57.2 Å². The van der Waals surface area contributed by atoms with Crippen LogP contribution >= 0.6 is 35.3 Å². The molecule has 0 aliphatic carbocycles. The van der Waals surface area contributed by atoms with Gasteiger partial charge in [-0.25, -0.2) is 9.98 Å². The second-order valence-corrected chi connectivity index (χ2v) is 7.18. The summed E-state index contributed by atoms with van der Waals surface area (Å²) in [6.07, 6.45) is 0. The van der Waals surface area contributed by atoms with Crippen LogP contribution in [-0.2, 0) is 6.54 Å². The first-order valence-corrected chi connectivity index (χ1v) is 9.71. The molecule has 0 saturated carbocycles. The van der Waals surface area contributed by atoms with Gasteiger partial charge in [0.2, 0.25) is 0 Å². The number of para-hydroxylation sites is 1. The maximum atomic E-state index is 6.00. The fourth-order valence-electron chi connectivity index (χ4n) is 2.82. The highest BCUT2D eigenvalue weighted by Gasteiger charge is 2.10. The quantitative estimate of drug-likeness (QED) is 0.202. The van der Waals surface area contributed by atoms with Crippen LogP contribution in [0.1, 0.15) is 5.76 Å². The number of hydrogen-bond donors (Lipinski definition) is 2. The predicted molar refractivity (Wildman–Crippen MR) is 131 cm³/mol. The maximum absolute atomic E-state index is 6.00. The highest BCUT2D eigenvalue weighted by molar-refractivity contribution is 14.0. The Kier molecular flexibility index (Phi) is 7.16. The summed E-state index contributed by atoms with van der Waals surface area (Å²) in [5.74, 6) is 2.96. The van der Waals surface area contributed by atoms with Gasteiger partial charge in [0.15, 0.2) is 28.2 Å². The molecule has 3 N–H and O–H groups in total. The molecule has 4 aromatic rings. The van der Waals surface area contributed by atoms with Crippen molar-refractivity contribution in [1.29, 1.82) is 0 Å². The van der Waals surface area contributed by atoms with E-state index in [4.69, 9.17) is 19.6 Å². The van der Waals surface area contributed by atoms with Crippen LogP contribution in [0.4, 0.5) is 5.69 Å². The Hall–Kier alpha value is -2.79. The number of methoxy groups -OCH3 is 2. The topological polar surface area (TPSA) is 94.9 Å². The lowest BCUT2D eigenvalue weighted by Gasteiger charge is -2.10. The first-order valence-electron chi connectivity index (χ1n) is 8.90. The van der Waals surface area contributed by atoms with Crippen molar-refractivity contribution in [3.05, 3.63) is 60.4 Å². The van der Waals surface area contributed by atoms with E-state index in [1.165, 1.54) is 0 Å². The highest BCUT2D eigenvalue weighted by atomic mass is 127. The first-order chi connectivity index (χ1) is 14.2. The molecule has 7 nitrogen and oxygen atoms in total. The number of nitrogens with zero attached hydrogens (tertiary/aromatic N) is 2. The standard InChI is InChI=1S/C21H20N4O3S.HI/c1-26-16-9-7-13(11-18(16)27-2)24-21(22)23-12-14-8-10-17(28-14)20-25-15-5-3-4-6-19(15)29-20;/h3-11H,12H2,1-2H3,(H3,22,23,24);1H. The van der Waals surface area contributed by atoms with Crippen molar-refractivity contribution in [1.82, 2.24) is 4.98 Å². The number of aliphatic imine (C=N–C) groups is 1. The zero-order valence-electron chi connectivity index (χ0n) is 16.4. The Balaban J connectivity index is 0.00000256. The van der Waals surface area contributed by atoms with Gasteiger partial charge in [-0.1, -0.05) is 12.1 Å². The monoisotopic (exact) mass is 536 g/mol. The molecule has 0 radical (unpaired) electrons. The number of ether oxygens (including phenoxy) is 2. The van der Waals surface area contributed by atoms with Gasteiger partial charge in [0.25, 0.3) is 0 Å².